The van der Waals surface area contributed by atoms with Gasteiger partial charge < -0.3 is 9.47 Å². The van der Waals surface area contributed by atoms with Crippen molar-refractivity contribution in [3.05, 3.63) is 54.1 Å². The van der Waals surface area contributed by atoms with Crippen LogP contribution < -0.4 is 4.90 Å². The van der Waals surface area contributed by atoms with Gasteiger partial charge in [-0.1, -0.05) is 29.8 Å². The van der Waals surface area contributed by atoms with E-state index in [1.54, 1.807) is 0 Å². The lowest BCUT2D eigenvalue weighted by atomic mass is 10.2. The van der Waals surface area contributed by atoms with Gasteiger partial charge in [0.2, 0.25) is 5.95 Å². The molecule has 0 amide bonds. The highest BCUT2D eigenvalue weighted by Gasteiger charge is 2.12. The molecule has 0 spiro atoms. The topological polar surface area (TPSA) is 21.1 Å². The van der Waals surface area contributed by atoms with Crippen molar-refractivity contribution < 1.29 is 0 Å². The standard InChI is InChI=1S/C16H17N3/c1-12-8-10-13(11-9-12)18(2)16-17-14-6-4-5-7-15(14)19(16)3/h4-11H,1-3H3. The lowest BCUT2D eigenvalue weighted by Gasteiger charge is -2.18. The van der Waals surface area contributed by atoms with Gasteiger partial charge in [-0.3, -0.25) is 0 Å². The van der Waals surface area contributed by atoms with E-state index >= 15 is 0 Å². The van der Waals surface area contributed by atoms with Crippen LogP contribution in [0.15, 0.2) is 48.5 Å². The number of fused-ring (bicyclic) bond motifs is 1. The number of benzene rings is 2. The van der Waals surface area contributed by atoms with Crippen LogP contribution in [0.1, 0.15) is 5.56 Å². The highest BCUT2D eigenvalue weighted by Crippen LogP contribution is 2.26. The number of hydrogen-bond donors (Lipinski definition) is 0. The second-order valence-electron chi connectivity index (χ2n) is 4.85. The molecule has 3 rings (SSSR count). The van der Waals surface area contributed by atoms with Crippen molar-refractivity contribution in [2.24, 2.45) is 7.05 Å². The van der Waals surface area contributed by atoms with E-state index < -0.39 is 0 Å². The molecule has 0 aliphatic rings. The maximum absolute atomic E-state index is 4.70. The average Bonchev–Trinajstić information content (AvgIpc) is 2.77. The Hall–Kier alpha value is -2.29. The molecule has 0 N–H and O–H groups in total. The third kappa shape index (κ3) is 1.97. The largest absolute Gasteiger partial charge is 0.315 e. The molecule has 0 saturated heterocycles. The van der Waals surface area contributed by atoms with E-state index in [9.17, 15) is 0 Å². The molecule has 0 saturated carbocycles. The Morgan fingerprint density at radius 1 is 1.00 bits per heavy atom. The van der Waals surface area contributed by atoms with Crippen molar-refractivity contribution in [2.75, 3.05) is 11.9 Å². The molecule has 0 unspecified atom stereocenters. The SMILES string of the molecule is Cc1ccc(N(C)c2nc3ccccc3n2C)cc1. The fraction of sp³-hybridized carbons (Fsp3) is 0.188. The summed E-state index contributed by atoms with van der Waals surface area (Å²) < 4.78 is 2.12. The second-order valence-corrected chi connectivity index (χ2v) is 4.85. The number of aryl methyl sites for hydroxylation is 2. The summed E-state index contributed by atoms with van der Waals surface area (Å²) in [5.74, 6) is 0.949. The van der Waals surface area contributed by atoms with E-state index in [1.807, 2.05) is 25.2 Å². The Labute approximate surface area is 113 Å². The maximum Gasteiger partial charge on any atom is 0.210 e. The Kier molecular flexibility index (Phi) is 2.75. The van der Waals surface area contributed by atoms with Crippen LogP contribution in [0.5, 0.6) is 0 Å². The number of aromatic nitrogens is 2. The Morgan fingerprint density at radius 3 is 2.37 bits per heavy atom. The molecule has 0 atom stereocenters. The molecule has 96 valence electrons. The molecular weight excluding hydrogens is 234 g/mol. The first kappa shape index (κ1) is 11.8. The normalized spacial score (nSPS) is 10.9. The number of hydrogen-bond acceptors (Lipinski definition) is 2. The molecule has 1 aromatic heterocycles. The Balaban J connectivity index is 2.08. The zero-order chi connectivity index (χ0) is 13.4. The molecule has 0 bridgehead atoms. The predicted molar refractivity (Wildman–Crippen MR) is 80.0 cm³/mol. The van der Waals surface area contributed by atoms with Gasteiger partial charge in [0.15, 0.2) is 0 Å². The fourth-order valence-electron chi connectivity index (χ4n) is 2.32. The second kappa shape index (κ2) is 4.43. The number of imidazole rings is 1. The van der Waals surface area contributed by atoms with Gasteiger partial charge in [-0.25, -0.2) is 4.98 Å². The predicted octanol–water partition coefficient (Wildman–Crippen LogP) is 3.65. The quantitative estimate of drug-likeness (QED) is 0.693. The smallest absolute Gasteiger partial charge is 0.210 e. The lowest BCUT2D eigenvalue weighted by molar-refractivity contribution is 0.910. The molecule has 0 aliphatic carbocycles. The minimum atomic E-state index is 0.949. The maximum atomic E-state index is 4.70. The first-order chi connectivity index (χ1) is 9.16. The summed E-state index contributed by atoms with van der Waals surface area (Å²) in [6.07, 6.45) is 0. The van der Waals surface area contributed by atoms with Crippen LogP contribution in [0.25, 0.3) is 11.0 Å². The summed E-state index contributed by atoms with van der Waals surface area (Å²) in [5, 5.41) is 0. The summed E-state index contributed by atoms with van der Waals surface area (Å²) in [6, 6.07) is 16.7. The van der Waals surface area contributed by atoms with Crippen molar-refractivity contribution in [1.82, 2.24) is 9.55 Å². The van der Waals surface area contributed by atoms with Gasteiger partial charge in [-0.15, -0.1) is 0 Å². The minimum Gasteiger partial charge on any atom is -0.315 e. The van der Waals surface area contributed by atoms with Crippen LogP contribution in [0.4, 0.5) is 11.6 Å². The van der Waals surface area contributed by atoms with Crippen LogP contribution in [0.2, 0.25) is 0 Å². The van der Waals surface area contributed by atoms with E-state index in [1.165, 1.54) is 5.56 Å². The number of nitrogens with zero attached hydrogens (tertiary/aromatic N) is 3. The molecule has 19 heavy (non-hydrogen) atoms. The molecule has 3 heteroatoms. The number of para-hydroxylation sites is 2. The summed E-state index contributed by atoms with van der Waals surface area (Å²) in [5.41, 5.74) is 4.58. The van der Waals surface area contributed by atoms with E-state index in [4.69, 9.17) is 4.98 Å². The molecule has 3 aromatic rings. The van der Waals surface area contributed by atoms with E-state index in [0.29, 0.717) is 0 Å². The van der Waals surface area contributed by atoms with Crippen molar-refractivity contribution in [3.63, 3.8) is 0 Å². The molecular formula is C16H17N3. The molecule has 2 aromatic carbocycles. The minimum absolute atomic E-state index is 0.949. The van der Waals surface area contributed by atoms with Gasteiger partial charge in [0.1, 0.15) is 0 Å². The summed E-state index contributed by atoms with van der Waals surface area (Å²) in [7, 11) is 4.10. The van der Waals surface area contributed by atoms with Crippen LogP contribution in [-0.2, 0) is 7.05 Å². The van der Waals surface area contributed by atoms with Gasteiger partial charge >= 0.3 is 0 Å². The van der Waals surface area contributed by atoms with E-state index in [-0.39, 0.29) is 0 Å². The highest BCUT2D eigenvalue weighted by molar-refractivity contribution is 5.79. The van der Waals surface area contributed by atoms with Gasteiger partial charge in [0.05, 0.1) is 11.0 Å². The van der Waals surface area contributed by atoms with Crippen molar-refractivity contribution in [2.45, 2.75) is 6.92 Å². The van der Waals surface area contributed by atoms with E-state index in [2.05, 4.69) is 53.8 Å². The summed E-state index contributed by atoms with van der Waals surface area (Å²) >= 11 is 0. The zero-order valence-corrected chi connectivity index (χ0v) is 11.5. The zero-order valence-electron chi connectivity index (χ0n) is 11.5. The number of anilines is 2. The fourth-order valence-corrected chi connectivity index (χ4v) is 2.32. The average molecular weight is 251 g/mol. The van der Waals surface area contributed by atoms with Crippen molar-refractivity contribution in [1.29, 1.82) is 0 Å². The third-order valence-corrected chi connectivity index (χ3v) is 3.48. The molecule has 0 aliphatic heterocycles. The van der Waals surface area contributed by atoms with Crippen molar-refractivity contribution >= 4 is 22.7 Å². The summed E-state index contributed by atoms with van der Waals surface area (Å²) in [4.78, 5) is 6.81. The van der Waals surface area contributed by atoms with Gasteiger partial charge in [0, 0.05) is 19.8 Å². The van der Waals surface area contributed by atoms with Crippen LogP contribution >= 0.6 is 0 Å². The van der Waals surface area contributed by atoms with Crippen LogP contribution in [-0.4, -0.2) is 16.6 Å². The van der Waals surface area contributed by atoms with E-state index in [0.717, 1.165) is 22.7 Å². The van der Waals surface area contributed by atoms with Crippen LogP contribution in [0, 0.1) is 6.92 Å². The van der Waals surface area contributed by atoms with Gasteiger partial charge in [-0.2, -0.15) is 0 Å². The highest BCUT2D eigenvalue weighted by atomic mass is 15.3. The van der Waals surface area contributed by atoms with Gasteiger partial charge in [0.25, 0.3) is 0 Å². The Bertz CT molecular complexity index is 710. The Morgan fingerprint density at radius 2 is 1.68 bits per heavy atom. The van der Waals surface area contributed by atoms with Crippen molar-refractivity contribution in [3.8, 4) is 0 Å². The third-order valence-electron chi connectivity index (χ3n) is 3.48. The molecule has 0 radical (unpaired) electrons. The lowest BCUT2D eigenvalue weighted by Crippen LogP contribution is -2.14. The number of rotatable bonds is 2. The summed E-state index contributed by atoms with van der Waals surface area (Å²) in [6.45, 7) is 2.10. The molecule has 0 fully saturated rings. The molecule has 1 heterocycles. The first-order valence-corrected chi connectivity index (χ1v) is 6.38. The van der Waals surface area contributed by atoms with Crippen LogP contribution in [0.3, 0.4) is 0 Å². The van der Waals surface area contributed by atoms with Gasteiger partial charge in [-0.05, 0) is 31.2 Å². The first-order valence-electron chi connectivity index (χ1n) is 6.38. The molecule has 3 nitrogen and oxygen atoms in total. The monoisotopic (exact) mass is 251 g/mol.